The van der Waals surface area contributed by atoms with Gasteiger partial charge in [-0.25, -0.2) is 0 Å². The summed E-state index contributed by atoms with van der Waals surface area (Å²) in [6, 6.07) is 6.98. The summed E-state index contributed by atoms with van der Waals surface area (Å²) < 4.78 is 5.44. The molecule has 2 N–H and O–H groups in total. The standard InChI is InChI=1S/C10H13N3O2/c1-7(2)15-9-5-3-8(4-6-9)10(11)12-13-14/h3-7H,1-2H3,(H2,11,12,14). The van der Waals surface area contributed by atoms with Crippen molar-refractivity contribution in [2.75, 3.05) is 0 Å². The maximum absolute atomic E-state index is 9.86. The number of nitroso groups, excluding NO2 is 1. The number of hydrogen-bond acceptors (Lipinski definition) is 3. The quantitative estimate of drug-likeness (QED) is 0.354. The summed E-state index contributed by atoms with van der Waals surface area (Å²) >= 11 is 0. The Morgan fingerprint density at radius 3 is 2.40 bits per heavy atom. The monoisotopic (exact) mass is 207 g/mol. The number of rotatable bonds is 4. The fourth-order valence-corrected chi connectivity index (χ4v) is 1.08. The summed E-state index contributed by atoms with van der Waals surface area (Å²) in [5.41, 5.74) is 6.12. The van der Waals surface area contributed by atoms with Crippen molar-refractivity contribution in [3.63, 3.8) is 0 Å². The minimum atomic E-state index is 0.0982. The van der Waals surface area contributed by atoms with Crippen molar-refractivity contribution in [3.8, 4) is 5.75 Å². The summed E-state index contributed by atoms with van der Waals surface area (Å²) in [4.78, 5) is 9.86. The molecule has 0 saturated carbocycles. The maximum Gasteiger partial charge on any atom is 0.156 e. The largest absolute Gasteiger partial charge is 0.491 e. The molecule has 0 aromatic heterocycles. The van der Waals surface area contributed by atoms with Crippen LogP contribution in [0, 0.1) is 4.91 Å². The first-order chi connectivity index (χ1) is 7.13. The molecule has 0 fully saturated rings. The molecule has 15 heavy (non-hydrogen) atoms. The van der Waals surface area contributed by atoms with E-state index in [1.54, 1.807) is 24.3 Å². The third-order valence-corrected chi connectivity index (χ3v) is 1.67. The third kappa shape index (κ3) is 3.38. The molecule has 5 nitrogen and oxygen atoms in total. The highest BCUT2D eigenvalue weighted by atomic mass is 16.5. The fraction of sp³-hybridized carbons (Fsp3) is 0.300. The normalized spacial score (nSPS) is 11.5. The molecule has 0 unspecified atom stereocenters. The first-order valence-corrected chi connectivity index (χ1v) is 4.56. The Labute approximate surface area is 87.9 Å². The van der Waals surface area contributed by atoms with Crippen molar-refractivity contribution >= 4 is 5.84 Å². The van der Waals surface area contributed by atoms with Crippen LogP contribution in [0.5, 0.6) is 5.75 Å². The van der Waals surface area contributed by atoms with Crippen LogP contribution >= 0.6 is 0 Å². The molecule has 80 valence electrons. The van der Waals surface area contributed by atoms with E-state index in [-0.39, 0.29) is 11.9 Å². The van der Waals surface area contributed by atoms with Gasteiger partial charge in [-0.05, 0) is 38.1 Å². The van der Waals surface area contributed by atoms with Crippen LogP contribution in [-0.2, 0) is 0 Å². The summed E-state index contributed by atoms with van der Waals surface area (Å²) in [6.07, 6.45) is 0.124. The van der Waals surface area contributed by atoms with Gasteiger partial charge in [-0.15, -0.1) is 4.91 Å². The number of amidine groups is 1. The van der Waals surface area contributed by atoms with Crippen molar-refractivity contribution < 1.29 is 4.74 Å². The number of nitrogens with zero attached hydrogens (tertiary/aromatic N) is 2. The van der Waals surface area contributed by atoms with E-state index < -0.39 is 0 Å². The van der Waals surface area contributed by atoms with Gasteiger partial charge in [0.05, 0.1) is 11.4 Å². The van der Waals surface area contributed by atoms with Crippen LogP contribution in [0.15, 0.2) is 34.7 Å². The summed E-state index contributed by atoms with van der Waals surface area (Å²) in [7, 11) is 0. The number of ether oxygens (including phenoxy) is 1. The molecular formula is C10H13N3O2. The number of hydrogen-bond donors (Lipinski definition) is 1. The van der Waals surface area contributed by atoms with Crippen molar-refractivity contribution in [1.82, 2.24) is 0 Å². The van der Waals surface area contributed by atoms with E-state index in [0.717, 1.165) is 5.75 Å². The molecule has 0 saturated heterocycles. The number of nitrogens with two attached hydrogens (primary N) is 1. The lowest BCUT2D eigenvalue weighted by Crippen LogP contribution is -2.12. The van der Waals surface area contributed by atoms with Crippen LogP contribution in [-0.4, -0.2) is 11.9 Å². The Bertz CT molecular complexity index is 357. The highest BCUT2D eigenvalue weighted by Gasteiger charge is 2.00. The molecule has 0 amide bonds. The predicted octanol–water partition coefficient (Wildman–Crippen LogP) is 1.86. The summed E-state index contributed by atoms with van der Waals surface area (Å²) in [5.74, 6) is 0.849. The van der Waals surface area contributed by atoms with Gasteiger partial charge in [-0.1, -0.05) is 5.10 Å². The van der Waals surface area contributed by atoms with Gasteiger partial charge in [0.15, 0.2) is 5.84 Å². The zero-order valence-corrected chi connectivity index (χ0v) is 8.68. The van der Waals surface area contributed by atoms with Crippen molar-refractivity contribution in [3.05, 3.63) is 34.7 Å². The zero-order valence-electron chi connectivity index (χ0n) is 8.68. The van der Waals surface area contributed by atoms with E-state index in [2.05, 4.69) is 10.4 Å². The van der Waals surface area contributed by atoms with Crippen LogP contribution in [0.2, 0.25) is 0 Å². The van der Waals surface area contributed by atoms with Gasteiger partial charge in [-0.2, -0.15) is 0 Å². The molecule has 5 heteroatoms. The van der Waals surface area contributed by atoms with Gasteiger partial charge in [0.1, 0.15) is 5.75 Å². The molecule has 0 aliphatic heterocycles. The minimum absolute atomic E-state index is 0.0982. The second-order valence-electron chi connectivity index (χ2n) is 3.26. The van der Waals surface area contributed by atoms with Crippen LogP contribution in [0.4, 0.5) is 0 Å². The van der Waals surface area contributed by atoms with Crippen LogP contribution in [0.3, 0.4) is 0 Å². The molecular weight excluding hydrogens is 194 g/mol. The molecule has 0 aliphatic rings. The first kappa shape index (κ1) is 11.2. The highest BCUT2D eigenvalue weighted by Crippen LogP contribution is 2.13. The SMILES string of the molecule is CC(C)Oc1ccc(/C(N)=N/N=O)cc1. The van der Waals surface area contributed by atoms with Crippen molar-refractivity contribution in [1.29, 1.82) is 0 Å². The average molecular weight is 207 g/mol. The van der Waals surface area contributed by atoms with Crippen LogP contribution in [0.25, 0.3) is 0 Å². The molecule has 0 spiro atoms. The van der Waals surface area contributed by atoms with Gasteiger partial charge in [0.2, 0.25) is 0 Å². The van der Waals surface area contributed by atoms with Gasteiger partial charge in [-0.3, -0.25) is 0 Å². The van der Waals surface area contributed by atoms with E-state index in [1.807, 2.05) is 13.8 Å². The van der Waals surface area contributed by atoms with Crippen LogP contribution in [0.1, 0.15) is 19.4 Å². The lowest BCUT2D eigenvalue weighted by Gasteiger charge is -2.09. The van der Waals surface area contributed by atoms with E-state index >= 15 is 0 Å². The summed E-state index contributed by atoms with van der Waals surface area (Å²) in [5, 5.41) is 5.57. The van der Waals surface area contributed by atoms with Crippen LogP contribution < -0.4 is 10.5 Å². The first-order valence-electron chi connectivity index (χ1n) is 4.56. The lowest BCUT2D eigenvalue weighted by atomic mass is 10.2. The fourth-order valence-electron chi connectivity index (χ4n) is 1.08. The Balaban J connectivity index is 2.80. The van der Waals surface area contributed by atoms with E-state index in [4.69, 9.17) is 10.5 Å². The zero-order chi connectivity index (χ0) is 11.3. The predicted molar refractivity (Wildman–Crippen MR) is 58.7 cm³/mol. The lowest BCUT2D eigenvalue weighted by molar-refractivity contribution is 0.242. The van der Waals surface area contributed by atoms with E-state index in [9.17, 15) is 4.91 Å². The Morgan fingerprint density at radius 1 is 1.33 bits per heavy atom. The second-order valence-corrected chi connectivity index (χ2v) is 3.26. The van der Waals surface area contributed by atoms with Gasteiger partial charge in [0, 0.05) is 5.56 Å². The van der Waals surface area contributed by atoms with Gasteiger partial charge in [0.25, 0.3) is 0 Å². The average Bonchev–Trinajstić information content (AvgIpc) is 2.18. The molecule has 0 bridgehead atoms. The Morgan fingerprint density at radius 2 is 1.93 bits per heavy atom. The smallest absolute Gasteiger partial charge is 0.156 e. The Kier molecular flexibility index (Phi) is 3.79. The van der Waals surface area contributed by atoms with E-state index in [0.29, 0.717) is 5.56 Å². The summed E-state index contributed by atoms with van der Waals surface area (Å²) in [6.45, 7) is 3.89. The van der Waals surface area contributed by atoms with Crippen molar-refractivity contribution in [2.45, 2.75) is 20.0 Å². The molecule has 0 aliphatic carbocycles. The molecule has 1 rings (SSSR count). The minimum Gasteiger partial charge on any atom is -0.491 e. The topological polar surface area (TPSA) is 77.0 Å². The number of benzene rings is 1. The van der Waals surface area contributed by atoms with E-state index in [1.165, 1.54) is 0 Å². The third-order valence-electron chi connectivity index (χ3n) is 1.67. The van der Waals surface area contributed by atoms with Gasteiger partial charge < -0.3 is 10.5 Å². The maximum atomic E-state index is 9.86. The molecule has 0 heterocycles. The molecule has 1 aromatic carbocycles. The van der Waals surface area contributed by atoms with Gasteiger partial charge >= 0.3 is 0 Å². The van der Waals surface area contributed by atoms with Crippen molar-refractivity contribution in [2.24, 2.45) is 16.1 Å². The molecule has 1 aromatic rings. The molecule has 0 atom stereocenters. The Hall–Kier alpha value is -1.91. The molecule has 0 radical (unpaired) electrons. The highest BCUT2D eigenvalue weighted by molar-refractivity contribution is 5.97. The second kappa shape index (κ2) is 5.09.